The fraction of sp³-hybridized carbons (Fsp3) is 0.0952. The molecule has 6 heteroatoms. The van der Waals surface area contributed by atoms with Gasteiger partial charge in [-0.25, -0.2) is 4.79 Å². The van der Waals surface area contributed by atoms with Gasteiger partial charge in [0.2, 0.25) is 0 Å². The minimum Gasteiger partial charge on any atom is -0.456 e. The topological polar surface area (TPSA) is 70.8 Å². The normalized spacial score (nSPS) is 16.0. The van der Waals surface area contributed by atoms with Gasteiger partial charge in [-0.05, 0) is 29.8 Å². The zero-order chi connectivity index (χ0) is 19.1. The second kappa shape index (κ2) is 6.25. The van der Waals surface area contributed by atoms with Crippen LogP contribution in [0.2, 0.25) is 0 Å². The van der Waals surface area contributed by atoms with Gasteiger partial charge in [-0.3, -0.25) is 19.4 Å². The van der Waals surface area contributed by atoms with Gasteiger partial charge in [0.1, 0.15) is 17.0 Å². The molecule has 27 heavy (non-hydrogen) atoms. The third kappa shape index (κ3) is 2.81. The average molecular weight is 360 g/mol. The van der Waals surface area contributed by atoms with Crippen LogP contribution in [0.4, 0.5) is 4.79 Å². The maximum absolute atomic E-state index is 12.3. The molecular weight excluding hydrogens is 344 g/mol. The van der Waals surface area contributed by atoms with E-state index in [1.807, 2.05) is 30.3 Å². The number of carbonyl (C=O) groups excluding carboxylic acids is 2. The van der Waals surface area contributed by atoms with Crippen molar-refractivity contribution >= 4 is 29.0 Å². The van der Waals surface area contributed by atoms with Crippen LogP contribution in [0.5, 0.6) is 0 Å². The van der Waals surface area contributed by atoms with Gasteiger partial charge in [0.05, 0.1) is 5.39 Å². The van der Waals surface area contributed by atoms with E-state index in [-0.39, 0.29) is 17.4 Å². The monoisotopic (exact) mass is 360 g/mol. The van der Waals surface area contributed by atoms with E-state index in [4.69, 9.17) is 4.42 Å². The maximum atomic E-state index is 12.3. The second-order valence-electron chi connectivity index (χ2n) is 6.33. The van der Waals surface area contributed by atoms with Crippen LogP contribution in [0.25, 0.3) is 28.4 Å². The number of benzene rings is 2. The van der Waals surface area contributed by atoms with Gasteiger partial charge >= 0.3 is 6.03 Å². The molecule has 0 unspecified atom stereocenters. The quantitative estimate of drug-likeness (QED) is 0.519. The molecule has 2 aromatic carbocycles. The van der Waals surface area contributed by atoms with Gasteiger partial charge in [0.25, 0.3) is 5.91 Å². The highest BCUT2D eigenvalue weighted by molar-refractivity contribution is 6.13. The molecular formula is C21H16N2O4. The van der Waals surface area contributed by atoms with Crippen LogP contribution >= 0.6 is 0 Å². The van der Waals surface area contributed by atoms with Gasteiger partial charge in [-0.1, -0.05) is 30.3 Å². The molecule has 0 saturated carbocycles. The Morgan fingerprint density at radius 3 is 2.41 bits per heavy atom. The average Bonchev–Trinajstić information content (AvgIpc) is 2.86. The lowest BCUT2D eigenvalue weighted by molar-refractivity contribution is -0.122. The molecule has 1 saturated heterocycles. The summed E-state index contributed by atoms with van der Waals surface area (Å²) in [6.45, 7) is 0. The molecule has 3 aromatic rings. The Kier molecular flexibility index (Phi) is 3.88. The number of urea groups is 1. The van der Waals surface area contributed by atoms with Crippen molar-refractivity contribution < 1.29 is 14.0 Å². The Balaban J connectivity index is 1.78. The smallest absolute Gasteiger partial charge is 0.331 e. The number of likely N-dealkylation sites (N-methyl/N-ethyl adjacent to an activating group) is 2. The Bertz CT molecular complexity index is 1180. The Morgan fingerprint density at radius 2 is 1.67 bits per heavy atom. The van der Waals surface area contributed by atoms with Crippen molar-refractivity contribution in [2.24, 2.45) is 0 Å². The Morgan fingerprint density at radius 1 is 0.889 bits per heavy atom. The number of hydrogen-bond donors (Lipinski definition) is 0. The van der Waals surface area contributed by atoms with E-state index in [1.54, 1.807) is 31.3 Å². The Hall–Kier alpha value is -3.67. The SMILES string of the molecule is CN1C(=O)/C(=C\c2cccc(-c3cc(=O)c4ccccc4o3)c2)N(C)C1=O. The summed E-state index contributed by atoms with van der Waals surface area (Å²) in [5, 5.41) is 0.527. The summed E-state index contributed by atoms with van der Waals surface area (Å²) in [4.78, 5) is 38.8. The predicted molar refractivity (Wildman–Crippen MR) is 102 cm³/mol. The van der Waals surface area contributed by atoms with E-state index in [0.29, 0.717) is 28.0 Å². The van der Waals surface area contributed by atoms with Gasteiger partial charge in [0, 0.05) is 25.7 Å². The van der Waals surface area contributed by atoms with Crippen LogP contribution in [0.15, 0.2) is 69.5 Å². The molecule has 1 aliphatic rings. The lowest BCUT2D eigenvalue weighted by Gasteiger charge is -2.08. The van der Waals surface area contributed by atoms with Crippen LogP contribution < -0.4 is 5.43 Å². The summed E-state index contributed by atoms with van der Waals surface area (Å²) < 4.78 is 5.87. The summed E-state index contributed by atoms with van der Waals surface area (Å²) in [5.41, 5.74) is 2.12. The standard InChI is InChI=1S/C21H16N2O4/c1-22-16(20(25)23(2)21(22)26)11-13-6-5-7-14(10-13)19-12-17(24)15-8-3-4-9-18(15)27-19/h3-12H,1-2H3/b16-11+. The molecule has 0 spiro atoms. The lowest BCUT2D eigenvalue weighted by Crippen LogP contribution is -2.27. The fourth-order valence-corrected chi connectivity index (χ4v) is 3.07. The van der Waals surface area contributed by atoms with Gasteiger partial charge in [0.15, 0.2) is 5.43 Å². The highest BCUT2D eigenvalue weighted by Gasteiger charge is 2.35. The van der Waals surface area contributed by atoms with E-state index in [2.05, 4.69) is 0 Å². The molecule has 4 rings (SSSR count). The molecule has 1 fully saturated rings. The second-order valence-corrected chi connectivity index (χ2v) is 6.33. The number of rotatable bonds is 2. The molecule has 1 aliphatic heterocycles. The van der Waals surface area contributed by atoms with Crippen molar-refractivity contribution in [1.29, 1.82) is 0 Å². The maximum Gasteiger partial charge on any atom is 0.331 e. The molecule has 134 valence electrons. The van der Waals surface area contributed by atoms with Crippen molar-refractivity contribution in [2.45, 2.75) is 0 Å². The summed E-state index contributed by atoms with van der Waals surface area (Å²) in [5.74, 6) is 0.0865. The van der Waals surface area contributed by atoms with E-state index < -0.39 is 0 Å². The Labute approximate surface area is 154 Å². The summed E-state index contributed by atoms with van der Waals surface area (Å²) in [6.07, 6.45) is 1.65. The van der Waals surface area contributed by atoms with E-state index in [1.165, 1.54) is 18.0 Å². The van der Waals surface area contributed by atoms with Crippen molar-refractivity contribution in [3.63, 3.8) is 0 Å². The van der Waals surface area contributed by atoms with Gasteiger partial charge < -0.3 is 4.42 Å². The summed E-state index contributed by atoms with van der Waals surface area (Å²) >= 11 is 0. The first-order valence-corrected chi connectivity index (χ1v) is 8.36. The lowest BCUT2D eigenvalue weighted by atomic mass is 10.1. The molecule has 1 aromatic heterocycles. The predicted octanol–water partition coefficient (Wildman–Crippen LogP) is 3.32. The van der Waals surface area contributed by atoms with Crippen LogP contribution in [0.3, 0.4) is 0 Å². The third-order valence-electron chi connectivity index (χ3n) is 4.57. The molecule has 3 amide bonds. The molecule has 2 heterocycles. The molecule has 0 N–H and O–H groups in total. The van der Waals surface area contributed by atoms with Crippen molar-refractivity contribution in [2.75, 3.05) is 14.1 Å². The largest absolute Gasteiger partial charge is 0.456 e. The van der Waals surface area contributed by atoms with Crippen LogP contribution in [0, 0.1) is 0 Å². The first-order chi connectivity index (χ1) is 13.0. The van der Waals surface area contributed by atoms with Crippen molar-refractivity contribution in [3.05, 3.63) is 76.1 Å². The highest BCUT2D eigenvalue weighted by Crippen LogP contribution is 2.25. The van der Waals surface area contributed by atoms with Crippen LogP contribution in [-0.2, 0) is 4.79 Å². The van der Waals surface area contributed by atoms with E-state index in [0.717, 1.165) is 10.5 Å². The van der Waals surface area contributed by atoms with Crippen molar-refractivity contribution in [3.8, 4) is 11.3 Å². The number of hydrogen-bond acceptors (Lipinski definition) is 4. The van der Waals surface area contributed by atoms with E-state index in [9.17, 15) is 14.4 Å². The van der Waals surface area contributed by atoms with Gasteiger partial charge in [-0.15, -0.1) is 0 Å². The number of nitrogens with zero attached hydrogens (tertiary/aromatic N) is 2. The van der Waals surface area contributed by atoms with Crippen LogP contribution in [-0.4, -0.2) is 35.8 Å². The van der Waals surface area contributed by atoms with Gasteiger partial charge in [-0.2, -0.15) is 0 Å². The fourth-order valence-electron chi connectivity index (χ4n) is 3.07. The zero-order valence-electron chi connectivity index (χ0n) is 14.8. The number of fused-ring (bicyclic) bond motifs is 1. The number of carbonyl (C=O) groups is 2. The number of imide groups is 1. The molecule has 0 radical (unpaired) electrons. The molecule has 6 nitrogen and oxygen atoms in total. The first kappa shape index (κ1) is 16.8. The van der Waals surface area contributed by atoms with E-state index >= 15 is 0 Å². The summed E-state index contributed by atoms with van der Waals surface area (Å²) in [7, 11) is 3.00. The number of para-hydroxylation sites is 1. The molecule has 0 aliphatic carbocycles. The first-order valence-electron chi connectivity index (χ1n) is 8.36. The minimum atomic E-state index is -0.372. The van der Waals surface area contributed by atoms with Crippen LogP contribution in [0.1, 0.15) is 5.56 Å². The highest BCUT2D eigenvalue weighted by atomic mass is 16.3. The third-order valence-corrected chi connectivity index (χ3v) is 4.57. The molecule has 0 atom stereocenters. The molecule has 0 bridgehead atoms. The van der Waals surface area contributed by atoms with Crippen molar-refractivity contribution in [1.82, 2.24) is 9.80 Å². The minimum absolute atomic E-state index is 0.117. The zero-order valence-corrected chi connectivity index (χ0v) is 14.8. The number of amides is 3. The summed E-state index contributed by atoms with van der Waals surface area (Å²) in [6, 6.07) is 15.4.